The number of nitrogens with zero attached hydrogens (tertiary/aromatic N) is 2. The molecule has 3 rings (SSSR count). The van der Waals surface area contributed by atoms with Gasteiger partial charge in [0, 0.05) is 12.7 Å². The SMILES string of the molecule is CCCc1cc(C(=O)N[C@H]2COc3ccccc3N(C)C2=O)n[nH]1. The van der Waals surface area contributed by atoms with E-state index in [4.69, 9.17) is 4.74 Å². The van der Waals surface area contributed by atoms with Crippen molar-refractivity contribution in [2.75, 3.05) is 18.6 Å². The van der Waals surface area contributed by atoms with E-state index in [2.05, 4.69) is 22.4 Å². The molecule has 0 radical (unpaired) electrons. The number of nitrogens with one attached hydrogen (secondary N) is 2. The first-order valence-corrected chi connectivity index (χ1v) is 7.94. The molecule has 24 heavy (non-hydrogen) atoms. The minimum atomic E-state index is -0.763. The van der Waals surface area contributed by atoms with Gasteiger partial charge in [-0.05, 0) is 24.6 Å². The van der Waals surface area contributed by atoms with Gasteiger partial charge in [-0.2, -0.15) is 5.10 Å². The molecule has 0 spiro atoms. The van der Waals surface area contributed by atoms with Gasteiger partial charge < -0.3 is 15.0 Å². The summed E-state index contributed by atoms with van der Waals surface area (Å²) in [6, 6.07) is 8.23. The highest BCUT2D eigenvalue weighted by atomic mass is 16.5. The summed E-state index contributed by atoms with van der Waals surface area (Å²) >= 11 is 0. The van der Waals surface area contributed by atoms with Crippen LogP contribution in [-0.2, 0) is 11.2 Å². The van der Waals surface area contributed by atoms with Gasteiger partial charge in [0.25, 0.3) is 11.8 Å². The van der Waals surface area contributed by atoms with Crippen LogP contribution in [0, 0.1) is 0 Å². The molecule has 0 bridgehead atoms. The van der Waals surface area contributed by atoms with Gasteiger partial charge in [-0.25, -0.2) is 0 Å². The van der Waals surface area contributed by atoms with Crippen molar-refractivity contribution in [3.63, 3.8) is 0 Å². The fraction of sp³-hybridized carbons (Fsp3) is 0.353. The summed E-state index contributed by atoms with van der Waals surface area (Å²) < 4.78 is 5.68. The van der Waals surface area contributed by atoms with Crippen LogP contribution in [0.4, 0.5) is 5.69 Å². The van der Waals surface area contributed by atoms with E-state index in [1.807, 2.05) is 18.2 Å². The van der Waals surface area contributed by atoms with E-state index in [1.54, 1.807) is 19.2 Å². The maximum Gasteiger partial charge on any atom is 0.272 e. The molecule has 2 amide bonds. The molecule has 1 aliphatic heterocycles. The van der Waals surface area contributed by atoms with E-state index in [-0.39, 0.29) is 18.2 Å². The standard InChI is InChI=1S/C17H20N4O3/c1-3-6-11-9-12(20-19-11)16(22)18-13-10-24-15-8-5-4-7-14(15)21(2)17(13)23/h4-5,7-9,13H,3,6,10H2,1-2H3,(H,18,22)(H,19,20)/t13-/m0/s1. The number of hydrogen-bond acceptors (Lipinski definition) is 4. The number of hydrogen-bond donors (Lipinski definition) is 2. The number of ether oxygens (including phenoxy) is 1. The first-order chi connectivity index (χ1) is 11.6. The van der Waals surface area contributed by atoms with Gasteiger partial charge in [0.05, 0.1) is 5.69 Å². The highest BCUT2D eigenvalue weighted by Crippen LogP contribution is 2.29. The lowest BCUT2D eigenvalue weighted by molar-refractivity contribution is -0.120. The number of likely N-dealkylation sites (N-methyl/N-ethyl adjacent to an activating group) is 1. The van der Waals surface area contributed by atoms with E-state index in [9.17, 15) is 9.59 Å². The molecule has 0 saturated heterocycles. The zero-order valence-corrected chi connectivity index (χ0v) is 13.7. The average Bonchev–Trinajstić information content (AvgIpc) is 3.02. The van der Waals surface area contributed by atoms with Gasteiger partial charge >= 0.3 is 0 Å². The minimum absolute atomic E-state index is 0.0815. The quantitative estimate of drug-likeness (QED) is 0.891. The Bertz CT molecular complexity index is 756. The van der Waals surface area contributed by atoms with Gasteiger partial charge in [-0.1, -0.05) is 25.5 Å². The zero-order valence-electron chi connectivity index (χ0n) is 13.7. The highest BCUT2D eigenvalue weighted by molar-refractivity contribution is 6.02. The lowest BCUT2D eigenvalue weighted by atomic mass is 10.2. The number of amides is 2. The molecule has 1 aromatic heterocycles. The first kappa shape index (κ1) is 16.0. The molecule has 0 saturated carbocycles. The Morgan fingerprint density at radius 2 is 2.25 bits per heavy atom. The number of H-pyrrole nitrogens is 1. The van der Waals surface area contributed by atoms with Gasteiger partial charge in [0.2, 0.25) is 0 Å². The second kappa shape index (κ2) is 6.74. The summed E-state index contributed by atoms with van der Waals surface area (Å²) in [6.07, 6.45) is 1.78. The van der Waals surface area contributed by atoms with Gasteiger partial charge in [0.15, 0.2) is 0 Å². The molecule has 2 N–H and O–H groups in total. The number of fused-ring (bicyclic) bond motifs is 1. The summed E-state index contributed by atoms with van der Waals surface area (Å²) in [5.41, 5.74) is 1.86. The molecule has 126 valence electrons. The summed E-state index contributed by atoms with van der Waals surface area (Å²) in [4.78, 5) is 26.4. The summed E-state index contributed by atoms with van der Waals surface area (Å²) in [5, 5.41) is 9.55. The van der Waals surface area contributed by atoms with Crippen molar-refractivity contribution >= 4 is 17.5 Å². The Balaban J connectivity index is 1.73. The highest BCUT2D eigenvalue weighted by Gasteiger charge is 2.30. The Hall–Kier alpha value is -2.83. The predicted octanol–water partition coefficient (Wildman–Crippen LogP) is 1.52. The number of anilines is 1. The van der Waals surface area contributed by atoms with Crippen LogP contribution in [0.3, 0.4) is 0 Å². The molecule has 7 nitrogen and oxygen atoms in total. The third kappa shape index (κ3) is 3.10. The molecular formula is C17H20N4O3. The molecule has 0 fully saturated rings. The topological polar surface area (TPSA) is 87.3 Å². The summed E-state index contributed by atoms with van der Waals surface area (Å²) in [7, 11) is 1.67. The van der Waals surface area contributed by atoms with E-state index < -0.39 is 11.9 Å². The maximum atomic E-state index is 12.6. The molecule has 2 aromatic rings. The van der Waals surface area contributed by atoms with E-state index >= 15 is 0 Å². The molecule has 1 aliphatic rings. The number of carbonyl (C=O) groups is 2. The van der Waals surface area contributed by atoms with Gasteiger partial charge in [-0.3, -0.25) is 14.7 Å². The van der Waals surface area contributed by atoms with Crippen LogP contribution >= 0.6 is 0 Å². The average molecular weight is 328 g/mol. The third-order valence-corrected chi connectivity index (χ3v) is 3.95. The lowest BCUT2D eigenvalue weighted by Gasteiger charge is -2.19. The number of para-hydroxylation sites is 2. The van der Waals surface area contributed by atoms with Crippen molar-refractivity contribution in [3.8, 4) is 5.75 Å². The fourth-order valence-electron chi connectivity index (χ4n) is 2.66. The van der Waals surface area contributed by atoms with Crippen LogP contribution in [0.25, 0.3) is 0 Å². The number of aromatic amines is 1. The van der Waals surface area contributed by atoms with Crippen LogP contribution in [-0.4, -0.2) is 41.7 Å². The second-order valence-corrected chi connectivity index (χ2v) is 5.73. The van der Waals surface area contributed by atoms with E-state index in [0.29, 0.717) is 11.4 Å². The van der Waals surface area contributed by atoms with Gasteiger partial charge in [0.1, 0.15) is 24.1 Å². The molecule has 7 heteroatoms. The fourth-order valence-corrected chi connectivity index (χ4v) is 2.66. The van der Waals surface area contributed by atoms with E-state index in [1.165, 1.54) is 4.90 Å². The van der Waals surface area contributed by atoms with Crippen LogP contribution < -0.4 is 15.0 Å². The monoisotopic (exact) mass is 328 g/mol. The van der Waals surface area contributed by atoms with Crippen molar-refractivity contribution in [3.05, 3.63) is 41.7 Å². The Kier molecular flexibility index (Phi) is 4.50. The van der Waals surface area contributed by atoms with Gasteiger partial charge in [-0.15, -0.1) is 0 Å². The zero-order chi connectivity index (χ0) is 17.1. The third-order valence-electron chi connectivity index (χ3n) is 3.95. The van der Waals surface area contributed by atoms with Crippen LogP contribution in [0.1, 0.15) is 29.5 Å². The second-order valence-electron chi connectivity index (χ2n) is 5.73. The smallest absolute Gasteiger partial charge is 0.272 e. The summed E-state index contributed by atoms with van der Waals surface area (Å²) in [5.74, 6) is 0.00243. The van der Waals surface area contributed by atoms with Crippen molar-refractivity contribution < 1.29 is 14.3 Å². The minimum Gasteiger partial charge on any atom is -0.489 e. The molecule has 1 atom stereocenters. The Labute approximate surface area is 140 Å². The maximum absolute atomic E-state index is 12.6. The van der Waals surface area contributed by atoms with E-state index in [0.717, 1.165) is 18.5 Å². The van der Waals surface area contributed by atoms with Crippen LogP contribution in [0.15, 0.2) is 30.3 Å². The van der Waals surface area contributed by atoms with Crippen LogP contribution in [0.2, 0.25) is 0 Å². The van der Waals surface area contributed by atoms with Crippen molar-refractivity contribution in [2.24, 2.45) is 0 Å². The van der Waals surface area contributed by atoms with Crippen molar-refractivity contribution in [2.45, 2.75) is 25.8 Å². The lowest BCUT2D eigenvalue weighted by Crippen LogP contribution is -2.49. The Morgan fingerprint density at radius 3 is 3.04 bits per heavy atom. The molecule has 0 aliphatic carbocycles. The Morgan fingerprint density at radius 1 is 1.46 bits per heavy atom. The van der Waals surface area contributed by atoms with Crippen molar-refractivity contribution in [1.82, 2.24) is 15.5 Å². The summed E-state index contributed by atoms with van der Waals surface area (Å²) in [6.45, 7) is 2.13. The number of aryl methyl sites for hydroxylation is 1. The van der Waals surface area contributed by atoms with Crippen molar-refractivity contribution in [1.29, 1.82) is 0 Å². The number of carbonyl (C=O) groups excluding carboxylic acids is 2. The normalized spacial score (nSPS) is 17.0. The number of aromatic nitrogens is 2. The molecular weight excluding hydrogens is 308 g/mol. The largest absolute Gasteiger partial charge is 0.489 e. The van der Waals surface area contributed by atoms with Crippen LogP contribution in [0.5, 0.6) is 5.75 Å². The molecule has 2 heterocycles. The first-order valence-electron chi connectivity index (χ1n) is 7.94. The molecule has 0 unspecified atom stereocenters. The predicted molar refractivity (Wildman–Crippen MR) is 89.2 cm³/mol. The molecule has 1 aromatic carbocycles. The number of benzene rings is 1. The number of rotatable bonds is 4.